The van der Waals surface area contributed by atoms with Crippen LogP contribution in [0.15, 0.2) is 48.5 Å². The van der Waals surface area contributed by atoms with Crippen LogP contribution in [-0.2, 0) is 6.54 Å². The maximum Gasteiger partial charge on any atom is 0.317 e. The van der Waals surface area contributed by atoms with Gasteiger partial charge in [-0.15, -0.1) is 11.3 Å². The van der Waals surface area contributed by atoms with Crippen LogP contribution in [0.5, 0.6) is 5.75 Å². The molecule has 2 aromatic carbocycles. The molecule has 4 rings (SSSR count). The first-order chi connectivity index (χ1) is 14.1. The average molecular weight is 411 g/mol. The molecule has 1 N–H and O–H groups in total. The van der Waals surface area contributed by atoms with E-state index in [9.17, 15) is 4.79 Å². The first-order valence-electron chi connectivity index (χ1n) is 9.89. The van der Waals surface area contributed by atoms with Crippen molar-refractivity contribution in [3.8, 4) is 5.75 Å². The third-order valence-corrected chi connectivity index (χ3v) is 6.60. The fraction of sp³-hybridized carbons (Fsp3) is 0.364. The third kappa shape index (κ3) is 4.52. The van der Waals surface area contributed by atoms with Gasteiger partial charge in [0.25, 0.3) is 0 Å². The molecule has 1 saturated heterocycles. The van der Waals surface area contributed by atoms with Gasteiger partial charge in [-0.25, -0.2) is 9.78 Å². The number of ether oxygens (including phenoxy) is 1. The van der Waals surface area contributed by atoms with E-state index in [0.717, 1.165) is 48.0 Å². The van der Waals surface area contributed by atoms with Gasteiger partial charge in [0.15, 0.2) is 0 Å². The summed E-state index contributed by atoms with van der Waals surface area (Å²) in [5.74, 6) is 0.800. The van der Waals surface area contributed by atoms with Gasteiger partial charge >= 0.3 is 6.03 Å². The Balaban J connectivity index is 1.29. The predicted octanol–water partition coefficient (Wildman–Crippen LogP) is 3.89. The van der Waals surface area contributed by atoms with Crippen LogP contribution >= 0.6 is 11.3 Å². The molecule has 7 heteroatoms. The minimum absolute atomic E-state index is 0.0138. The highest BCUT2D eigenvalue weighted by atomic mass is 32.1. The second-order valence-corrected chi connectivity index (χ2v) is 8.29. The molecule has 0 radical (unpaired) electrons. The van der Waals surface area contributed by atoms with E-state index < -0.39 is 0 Å². The molecule has 29 heavy (non-hydrogen) atoms. The number of benzene rings is 2. The number of nitrogens with one attached hydrogen (secondary N) is 1. The minimum Gasteiger partial charge on any atom is -0.497 e. The first kappa shape index (κ1) is 19.7. The first-order valence-corrected chi connectivity index (χ1v) is 10.7. The molecular weight excluding hydrogens is 384 g/mol. The van der Waals surface area contributed by atoms with Gasteiger partial charge in [0.1, 0.15) is 10.8 Å². The Morgan fingerprint density at radius 3 is 2.72 bits per heavy atom. The zero-order valence-electron chi connectivity index (χ0n) is 16.8. The Morgan fingerprint density at radius 2 is 1.97 bits per heavy atom. The number of methoxy groups -OCH3 is 1. The molecule has 0 bridgehead atoms. The Hall–Kier alpha value is -2.64. The minimum atomic E-state index is -0.0138. The van der Waals surface area contributed by atoms with Gasteiger partial charge in [0, 0.05) is 32.7 Å². The summed E-state index contributed by atoms with van der Waals surface area (Å²) >= 11 is 1.76. The summed E-state index contributed by atoms with van der Waals surface area (Å²) in [7, 11) is 1.65. The Bertz CT molecular complexity index is 949. The van der Waals surface area contributed by atoms with Gasteiger partial charge in [-0.2, -0.15) is 0 Å². The van der Waals surface area contributed by atoms with Crippen LogP contribution in [0.1, 0.15) is 23.5 Å². The predicted molar refractivity (Wildman–Crippen MR) is 116 cm³/mol. The van der Waals surface area contributed by atoms with E-state index in [1.165, 1.54) is 4.70 Å². The van der Waals surface area contributed by atoms with E-state index in [0.29, 0.717) is 6.54 Å². The topological polar surface area (TPSA) is 57.7 Å². The smallest absolute Gasteiger partial charge is 0.317 e. The van der Waals surface area contributed by atoms with Crippen molar-refractivity contribution < 1.29 is 9.53 Å². The zero-order valence-corrected chi connectivity index (χ0v) is 17.6. The van der Waals surface area contributed by atoms with Crippen molar-refractivity contribution in [1.82, 2.24) is 20.1 Å². The number of hydrogen-bond donors (Lipinski definition) is 1. The molecule has 1 aliphatic rings. The number of para-hydroxylation sites is 1. The molecular formula is C22H26N4O2S. The quantitative estimate of drug-likeness (QED) is 0.693. The van der Waals surface area contributed by atoms with Gasteiger partial charge in [-0.05, 0) is 36.8 Å². The van der Waals surface area contributed by atoms with Crippen molar-refractivity contribution in [1.29, 1.82) is 0 Å². The zero-order chi connectivity index (χ0) is 20.2. The number of hydrogen-bond acceptors (Lipinski definition) is 5. The summed E-state index contributed by atoms with van der Waals surface area (Å²) in [4.78, 5) is 21.6. The molecule has 1 aliphatic heterocycles. The van der Waals surface area contributed by atoms with Crippen LogP contribution in [0.25, 0.3) is 10.2 Å². The van der Waals surface area contributed by atoms with E-state index in [1.54, 1.807) is 18.4 Å². The molecule has 1 aromatic heterocycles. The molecule has 3 aromatic rings. The lowest BCUT2D eigenvalue weighted by molar-refractivity contribution is 0.114. The average Bonchev–Trinajstić information content (AvgIpc) is 3.21. The van der Waals surface area contributed by atoms with Crippen LogP contribution in [0.4, 0.5) is 4.79 Å². The fourth-order valence-electron chi connectivity index (χ4n) is 3.61. The normalized spacial score (nSPS) is 16.0. The number of aromatic nitrogens is 1. The number of piperazine rings is 1. The largest absolute Gasteiger partial charge is 0.497 e. The fourth-order valence-corrected chi connectivity index (χ4v) is 4.66. The third-order valence-electron chi connectivity index (χ3n) is 5.39. The van der Waals surface area contributed by atoms with Crippen LogP contribution in [0, 0.1) is 0 Å². The Labute approximate surface area is 175 Å². The van der Waals surface area contributed by atoms with Crippen molar-refractivity contribution >= 4 is 27.6 Å². The molecule has 0 saturated carbocycles. The molecule has 1 atom stereocenters. The molecule has 152 valence electrons. The van der Waals surface area contributed by atoms with Gasteiger partial charge in [0.05, 0.1) is 23.4 Å². The number of rotatable bonds is 5. The van der Waals surface area contributed by atoms with E-state index in [-0.39, 0.29) is 12.1 Å². The van der Waals surface area contributed by atoms with E-state index in [4.69, 9.17) is 9.72 Å². The lowest BCUT2D eigenvalue weighted by Gasteiger charge is -2.37. The second kappa shape index (κ2) is 8.80. The lowest BCUT2D eigenvalue weighted by Crippen LogP contribution is -2.52. The van der Waals surface area contributed by atoms with Crippen molar-refractivity contribution in [2.24, 2.45) is 0 Å². The van der Waals surface area contributed by atoms with Crippen molar-refractivity contribution in [2.75, 3.05) is 33.3 Å². The number of thiazole rings is 1. The number of carbonyl (C=O) groups excluding carboxylic acids is 1. The van der Waals surface area contributed by atoms with Crippen molar-refractivity contribution in [3.63, 3.8) is 0 Å². The summed E-state index contributed by atoms with van der Waals surface area (Å²) in [5, 5.41) is 4.16. The summed E-state index contributed by atoms with van der Waals surface area (Å²) in [6.07, 6.45) is 0. The standard InChI is InChI=1S/C22H26N4O2S/c1-16(21-24-19-8-3-4-9-20(19)29-21)25-10-12-26(13-11-25)22(27)23-15-17-6-5-7-18(14-17)28-2/h3-9,14,16H,10-13,15H2,1-2H3,(H,23,27)/t16-/m1/s1. The number of urea groups is 1. The molecule has 2 heterocycles. The van der Waals surface area contributed by atoms with Gasteiger partial charge in [0.2, 0.25) is 0 Å². The number of fused-ring (bicyclic) bond motifs is 1. The molecule has 6 nitrogen and oxygen atoms in total. The van der Waals surface area contributed by atoms with Crippen LogP contribution in [0.3, 0.4) is 0 Å². The highest BCUT2D eigenvalue weighted by Gasteiger charge is 2.26. The lowest BCUT2D eigenvalue weighted by atomic mass is 10.2. The Morgan fingerprint density at radius 1 is 1.17 bits per heavy atom. The molecule has 1 fully saturated rings. The van der Waals surface area contributed by atoms with Crippen LogP contribution in [0.2, 0.25) is 0 Å². The number of carbonyl (C=O) groups is 1. The second-order valence-electron chi connectivity index (χ2n) is 7.23. The molecule has 2 amide bonds. The number of amides is 2. The summed E-state index contributed by atoms with van der Waals surface area (Å²) in [5.41, 5.74) is 2.09. The highest BCUT2D eigenvalue weighted by molar-refractivity contribution is 7.18. The van der Waals surface area contributed by atoms with Crippen LogP contribution < -0.4 is 10.1 Å². The van der Waals surface area contributed by atoms with Gasteiger partial charge in [-0.3, -0.25) is 4.90 Å². The van der Waals surface area contributed by atoms with E-state index in [1.807, 2.05) is 35.2 Å². The van der Waals surface area contributed by atoms with E-state index >= 15 is 0 Å². The molecule has 0 spiro atoms. The molecule has 0 unspecified atom stereocenters. The Kier molecular flexibility index (Phi) is 5.97. The van der Waals surface area contributed by atoms with Crippen LogP contribution in [-0.4, -0.2) is 54.1 Å². The van der Waals surface area contributed by atoms with Gasteiger partial charge in [-0.1, -0.05) is 24.3 Å². The van der Waals surface area contributed by atoms with Crippen molar-refractivity contribution in [2.45, 2.75) is 19.5 Å². The number of nitrogens with zero attached hydrogens (tertiary/aromatic N) is 3. The summed E-state index contributed by atoms with van der Waals surface area (Å²) in [6.45, 7) is 5.85. The van der Waals surface area contributed by atoms with Crippen molar-refractivity contribution in [3.05, 3.63) is 59.1 Å². The molecule has 0 aliphatic carbocycles. The van der Waals surface area contributed by atoms with E-state index in [2.05, 4.69) is 35.3 Å². The summed E-state index contributed by atoms with van der Waals surface area (Å²) in [6, 6.07) is 16.3. The summed E-state index contributed by atoms with van der Waals surface area (Å²) < 4.78 is 6.46. The SMILES string of the molecule is COc1cccc(CNC(=O)N2CCN([C@H](C)c3nc4ccccc4s3)CC2)c1. The van der Waals surface area contributed by atoms with Gasteiger partial charge < -0.3 is 15.0 Å². The maximum atomic E-state index is 12.5. The monoisotopic (exact) mass is 410 g/mol. The highest BCUT2D eigenvalue weighted by Crippen LogP contribution is 2.29. The maximum absolute atomic E-state index is 12.5.